The van der Waals surface area contributed by atoms with E-state index >= 15 is 0 Å². The first-order chi connectivity index (χ1) is 9.28. The maximum Gasteiger partial charge on any atom is -1.00 e. The normalized spacial score (nSPS) is 19.3. The Balaban J connectivity index is 0. The average molecular weight is 424 g/mol. The summed E-state index contributed by atoms with van der Waals surface area (Å²) in [4.78, 5) is 0. The third kappa shape index (κ3) is 5.49. The zero-order valence-corrected chi connectivity index (χ0v) is 19.3. The van der Waals surface area contributed by atoms with E-state index in [2.05, 4.69) is 90.7 Å². The Morgan fingerprint density at radius 1 is 1.00 bits per heavy atom. The van der Waals surface area contributed by atoms with Crippen molar-refractivity contribution in [3.05, 3.63) is 53.1 Å². The van der Waals surface area contributed by atoms with Crippen LogP contribution >= 0.6 is 0 Å². The zero-order valence-electron chi connectivity index (χ0n) is 14.5. The van der Waals surface area contributed by atoms with Crippen molar-refractivity contribution in [1.29, 1.82) is 0 Å². The molecule has 1 atom stereocenters. The van der Waals surface area contributed by atoms with Crippen molar-refractivity contribution in [2.24, 2.45) is 0 Å². The van der Waals surface area contributed by atoms with E-state index in [0.29, 0.717) is 0 Å². The SMILES string of the molecule is CCCC1=C[C]([Ti+3])([Si](C)(C)c2cc(C)cc(C)c2)C=C1.[Cl-].[Cl-].[Cl-]. The van der Waals surface area contributed by atoms with Crippen molar-refractivity contribution in [3.63, 3.8) is 0 Å². The minimum Gasteiger partial charge on any atom is -1.00 e. The van der Waals surface area contributed by atoms with E-state index in [1.165, 1.54) is 29.5 Å². The van der Waals surface area contributed by atoms with Crippen molar-refractivity contribution in [3.8, 4) is 0 Å². The topological polar surface area (TPSA) is 0 Å². The molecule has 2 rings (SSSR count). The summed E-state index contributed by atoms with van der Waals surface area (Å²) in [6.07, 6.45) is 9.81. The molecule has 23 heavy (non-hydrogen) atoms. The van der Waals surface area contributed by atoms with E-state index in [9.17, 15) is 0 Å². The summed E-state index contributed by atoms with van der Waals surface area (Å²) in [5.74, 6) is 0. The van der Waals surface area contributed by atoms with Gasteiger partial charge in [-0.3, -0.25) is 0 Å². The molecule has 1 aromatic rings. The van der Waals surface area contributed by atoms with Gasteiger partial charge in [-0.1, -0.05) is 0 Å². The molecule has 5 heteroatoms. The Morgan fingerprint density at radius 3 is 2.00 bits per heavy atom. The van der Waals surface area contributed by atoms with Crippen molar-refractivity contribution in [2.45, 2.75) is 50.0 Å². The van der Waals surface area contributed by atoms with Crippen molar-refractivity contribution >= 4 is 13.3 Å². The molecular formula is C18H25Cl3SiTi. The molecule has 0 saturated carbocycles. The van der Waals surface area contributed by atoms with Crippen LogP contribution in [-0.2, 0) is 20.4 Å². The fraction of sp³-hybridized carbons (Fsp3) is 0.444. The van der Waals surface area contributed by atoms with Gasteiger partial charge in [-0.15, -0.1) is 0 Å². The van der Waals surface area contributed by atoms with Gasteiger partial charge < -0.3 is 37.2 Å². The number of hydrogen-bond donors (Lipinski definition) is 0. The fourth-order valence-electron chi connectivity index (χ4n) is 3.03. The second-order valence-electron chi connectivity index (χ2n) is 6.67. The van der Waals surface area contributed by atoms with Gasteiger partial charge in [0.25, 0.3) is 0 Å². The summed E-state index contributed by atoms with van der Waals surface area (Å²) >= 11 is 2.43. The van der Waals surface area contributed by atoms with Gasteiger partial charge >= 0.3 is 137 Å². The number of halogens is 3. The third-order valence-corrected chi connectivity index (χ3v) is 12.0. The van der Waals surface area contributed by atoms with Gasteiger partial charge in [-0.2, -0.15) is 0 Å². The van der Waals surface area contributed by atoms with Crippen molar-refractivity contribution < 1.29 is 57.7 Å². The minimum atomic E-state index is -1.57. The first-order valence-corrected chi connectivity index (χ1v) is 11.3. The maximum atomic E-state index is 2.54. The Labute approximate surface area is 173 Å². The van der Waals surface area contributed by atoms with Crippen LogP contribution in [0.1, 0.15) is 30.9 Å². The molecule has 0 heterocycles. The van der Waals surface area contributed by atoms with Crippen LogP contribution in [0.15, 0.2) is 42.0 Å². The number of hydrogen-bond acceptors (Lipinski definition) is 0. The summed E-state index contributed by atoms with van der Waals surface area (Å²) in [7, 11) is -1.57. The zero-order chi connectivity index (χ0) is 15.0. The molecule has 0 aliphatic heterocycles. The number of allylic oxidation sites excluding steroid dienone is 4. The predicted molar refractivity (Wildman–Crippen MR) is 87.9 cm³/mol. The Bertz CT molecular complexity index is 561. The monoisotopic (exact) mass is 422 g/mol. The molecule has 0 N–H and O–H groups in total. The Morgan fingerprint density at radius 2 is 1.52 bits per heavy atom. The molecule has 0 radical (unpaired) electrons. The molecule has 0 saturated heterocycles. The van der Waals surface area contributed by atoms with Gasteiger partial charge in [0.05, 0.1) is 0 Å². The second-order valence-corrected chi connectivity index (χ2v) is 13.4. The van der Waals surface area contributed by atoms with E-state index in [-0.39, 0.29) is 40.6 Å². The van der Waals surface area contributed by atoms with Crippen LogP contribution in [0.4, 0.5) is 0 Å². The smallest absolute Gasteiger partial charge is 1.00 e. The fourth-order valence-corrected chi connectivity index (χ4v) is 6.83. The molecule has 0 nitrogen and oxygen atoms in total. The van der Waals surface area contributed by atoms with Crippen LogP contribution in [0.2, 0.25) is 16.4 Å². The molecule has 1 aliphatic rings. The van der Waals surface area contributed by atoms with Crippen LogP contribution < -0.4 is 42.4 Å². The third-order valence-electron chi connectivity index (χ3n) is 4.49. The van der Waals surface area contributed by atoms with Crippen molar-refractivity contribution in [2.75, 3.05) is 0 Å². The van der Waals surface area contributed by atoms with Gasteiger partial charge in [-0.05, 0) is 0 Å². The molecular weight excluding hydrogens is 399 g/mol. The van der Waals surface area contributed by atoms with Crippen LogP contribution in [0, 0.1) is 13.8 Å². The Hall–Kier alpha value is 0.501. The summed E-state index contributed by atoms with van der Waals surface area (Å²) in [6, 6.07) is 7.09. The summed E-state index contributed by atoms with van der Waals surface area (Å²) in [5, 5.41) is 1.58. The molecule has 0 spiro atoms. The molecule has 1 unspecified atom stereocenters. The van der Waals surface area contributed by atoms with Crippen LogP contribution in [0.25, 0.3) is 0 Å². The van der Waals surface area contributed by atoms with E-state index in [1.54, 1.807) is 5.19 Å². The molecule has 1 aliphatic carbocycles. The molecule has 0 fully saturated rings. The van der Waals surface area contributed by atoms with Gasteiger partial charge in [-0.25, -0.2) is 0 Å². The number of rotatable bonds is 4. The second kappa shape index (κ2) is 9.85. The summed E-state index contributed by atoms with van der Waals surface area (Å²) in [6.45, 7) is 11.7. The van der Waals surface area contributed by atoms with Crippen molar-refractivity contribution in [1.82, 2.24) is 0 Å². The van der Waals surface area contributed by atoms with E-state index in [0.717, 1.165) is 0 Å². The number of benzene rings is 1. The quantitative estimate of drug-likeness (QED) is 0.431. The summed E-state index contributed by atoms with van der Waals surface area (Å²) < 4.78 is 0.248. The summed E-state index contributed by atoms with van der Waals surface area (Å²) in [5.41, 5.74) is 4.31. The van der Waals surface area contributed by atoms with Gasteiger partial charge in [0.15, 0.2) is 0 Å². The van der Waals surface area contributed by atoms with E-state index < -0.39 is 8.07 Å². The maximum absolute atomic E-state index is 2.54. The largest absolute Gasteiger partial charge is 1.00 e. The molecule has 0 bridgehead atoms. The molecule has 0 aromatic heterocycles. The minimum absolute atomic E-state index is 0. The van der Waals surface area contributed by atoms with Gasteiger partial charge in [0.2, 0.25) is 0 Å². The standard InChI is InChI=1S/C18H25Si.3ClH.Ti/c1-6-7-16-8-9-17(13-16)19(4,5)18-11-14(2)10-15(3)12-18;;;;/h8-13H,6-7H2,1-5H3;3*1H;/q;;;;+3/p-3. The predicted octanol–water partition coefficient (Wildman–Crippen LogP) is -4.23. The van der Waals surface area contributed by atoms with Gasteiger partial charge in [0, 0.05) is 0 Å². The van der Waals surface area contributed by atoms with Crippen LogP contribution in [-0.4, -0.2) is 8.07 Å². The molecule has 1 aromatic carbocycles. The van der Waals surface area contributed by atoms with E-state index in [4.69, 9.17) is 0 Å². The Kier molecular flexibility index (Phi) is 11.0. The first kappa shape index (κ1) is 25.7. The molecule has 0 amide bonds. The number of aryl methyl sites for hydroxylation is 2. The average Bonchev–Trinajstić information content (AvgIpc) is 2.72. The van der Waals surface area contributed by atoms with E-state index in [1.807, 2.05) is 0 Å². The molecule has 126 valence electrons. The first-order valence-electron chi connectivity index (χ1n) is 7.53. The van der Waals surface area contributed by atoms with Gasteiger partial charge in [0.1, 0.15) is 0 Å². The van der Waals surface area contributed by atoms with Crippen LogP contribution in [0.5, 0.6) is 0 Å². The van der Waals surface area contributed by atoms with Crippen LogP contribution in [0.3, 0.4) is 0 Å².